The topological polar surface area (TPSA) is 91.3 Å². The van der Waals surface area contributed by atoms with Crippen molar-refractivity contribution >= 4 is 9.84 Å². The number of hydrogen-bond donors (Lipinski definition) is 1. The van der Waals surface area contributed by atoms with E-state index in [2.05, 4.69) is 6.92 Å². The molecule has 2 fully saturated rings. The van der Waals surface area contributed by atoms with Gasteiger partial charge >= 0.3 is 0 Å². The standard InChI is InChI=1S/C28H46O7S/c1-6-7-8-9-10-11-12-13-14-15-20-32-23-24-26(35-27(3,4)34-24)33-25(23)28(5,29)36(30,31)22-18-16-21(2)17-19-22/h16-19,23-26,29H,6-15,20H2,1-5H3/t23-,24-,25+,26-,28+/m1/s1. The van der Waals surface area contributed by atoms with Crippen LogP contribution in [-0.4, -0.2) is 55.5 Å². The molecule has 206 valence electrons. The van der Waals surface area contributed by atoms with E-state index in [4.69, 9.17) is 18.9 Å². The van der Waals surface area contributed by atoms with Crippen molar-refractivity contribution in [2.45, 2.75) is 139 Å². The molecule has 0 unspecified atom stereocenters. The molecule has 1 aromatic rings. The van der Waals surface area contributed by atoms with Crippen LogP contribution in [0.5, 0.6) is 0 Å². The van der Waals surface area contributed by atoms with Gasteiger partial charge in [-0.15, -0.1) is 0 Å². The highest BCUT2D eigenvalue weighted by Gasteiger charge is 2.63. The van der Waals surface area contributed by atoms with E-state index in [-0.39, 0.29) is 4.90 Å². The van der Waals surface area contributed by atoms with Gasteiger partial charge in [-0.1, -0.05) is 82.4 Å². The first kappa shape index (κ1) is 29.5. The van der Waals surface area contributed by atoms with Crippen molar-refractivity contribution < 1.29 is 32.5 Å². The van der Waals surface area contributed by atoms with Crippen molar-refractivity contribution in [2.24, 2.45) is 0 Å². The largest absolute Gasteiger partial charge is 0.372 e. The van der Waals surface area contributed by atoms with Gasteiger partial charge in [0.05, 0.1) is 4.90 Å². The van der Waals surface area contributed by atoms with E-state index in [0.29, 0.717) is 6.61 Å². The zero-order valence-electron chi connectivity index (χ0n) is 22.7. The van der Waals surface area contributed by atoms with Gasteiger partial charge in [-0.25, -0.2) is 8.42 Å². The van der Waals surface area contributed by atoms with Crippen LogP contribution in [0.2, 0.25) is 0 Å². The molecule has 0 amide bonds. The normalized spacial score (nSPS) is 27.2. The van der Waals surface area contributed by atoms with Crippen molar-refractivity contribution in [3.63, 3.8) is 0 Å². The van der Waals surface area contributed by atoms with Crippen LogP contribution < -0.4 is 0 Å². The molecule has 0 aromatic heterocycles. The van der Waals surface area contributed by atoms with Crippen LogP contribution >= 0.6 is 0 Å². The van der Waals surface area contributed by atoms with Crippen LogP contribution in [0.4, 0.5) is 0 Å². The summed E-state index contributed by atoms with van der Waals surface area (Å²) < 4.78 is 50.9. The molecule has 2 saturated heterocycles. The van der Waals surface area contributed by atoms with Crippen molar-refractivity contribution in [1.29, 1.82) is 0 Å². The Hall–Kier alpha value is -1.03. The zero-order valence-corrected chi connectivity index (χ0v) is 23.5. The lowest BCUT2D eigenvalue weighted by molar-refractivity contribution is -0.232. The van der Waals surface area contributed by atoms with Gasteiger partial charge in [0.2, 0.25) is 9.84 Å². The molecule has 2 aliphatic rings. The number of benzene rings is 1. The minimum atomic E-state index is -4.15. The molecule has 0 aliphatic carbocycles. The van der Waals surface area contributed by atoms with E-state index in [0.717, 1.165) is 24.8 Å². The van der Waals surface area contributed by atoms with Gasteiger partial charge in [0.25, 0.3) is 0 Å². The van der Waals surface area contributed by atoms with Crippen LogP contribution in [0.15, 0.2) is 29.2 Å². The van der Waals surface area contributed by atoms with Crippen LogP contribution in [0, 0.1) is 6.92 Å². The molecule has 0 saturated carbocycles. The van der Waals surface area contributed by atoms with Crippen LogP contribution in [-0.2, 0) is 28.8 Å². The molecule has 36 heavy (non-hydrogen) atoms. The van der Waals surface area contributed by atoms with Gasteiger partial charge in [0, 0.05) is 6.61 Å². The van der Waals surface area contributed by atoms with E-state index in [9.17, 15) is 13.5 Å². The quantitative estimate of drug-likeness (QED) is 0.295. The lowest BCUT2D eigenvalue weighted by Gasteiger charge is -2.34. The first-order chi connectivity index (χ1) is 17.0. The van der Waals surface area contributed by atoms with Gasteiger partial charge in [0.1, 0.15) is 18.3 Å². The molecule has 3 rings (SSSR count). The Kier molecular flexibility index (Phi) is 10.4. The number of aliphatic hydroxyl groups is 1. The number of fused-ring (bicyclic) bond motifs is 1. The van der Waals surface area contributed by atoms with Crippen molar-refractivity contribution in [3.8, 4) is 0 Å². The van der Waals surface area contributed by atoms with Gasteiger partial charge in [-0.05, 0) is 46.2 Å². The minimum Gasteiger partial charge on any atom is -0.372 e. The van der Waals surface area contributed by atoms with E-state index in [1.54, 1.807) is 26.0 Å². The predicted molar refractivity (Wildman–Crippen MR) is 139 cm³/mol. The summed E-state index contributed by atoms with van der Waals surface area (Å²) in [7, 11) is -4.15. The number of rotatable bonds is 15. The van der Waals surface area contributed by atoms with Crippen LogP contribution in [0.1, 0.15) is 97.5 Å². The fourth-order valence-corrected chi connectivity index (χ4v) is 6.48. The summed E-state index contributed by atoms with van der Waals surface area (Å²) in [4.78, 5) is -2.19. The molecule has 0 radical (unpaired) electrons. The lowest BCUT2D eigenvalue weighted by Crippen LogP contribution is -2.54. The summed E-state index contributed by atoms with van der Waals surface area (Å²) in [5.41, 5.74) is 0.932. The molecular weight excluding hydrogens is 480 g/mol. The molecule has 8 heteroatoms. The van der Waals surface area contributed by atoms with E-state index >= 15 is 0 Å². The summed E-state index contributed by atoms with van der Waals surface area (Å²) in [6.07, 6.45) is 8.77. The first-order valence-corrected chi connectivity index (χ1v) is 15.1. The highest BCUT2D eigenvalue weighted by molar-refractivity contribution is 7.92. The number of unbranched alkanes of at least 4 members (excludes halogenated alkanes) is 9. The Bertz CT molecular complexity index is 910. The maximum Gasteiger partial charge on any atom is 0.210 e. The zero-order chi connectivity index (χ0) is 26.4. The summed E-state index contributed by atoms with van der Waals surface area (Å²) in [6.45, 7) is 9.39. The third-order valence-electron chi connectivity index (χ3n) is 7.20. The molecule has 5 atom stereocenters. The second kappa shape index (κ2) is 12.7. The van der Waals surface area contributed by atoms with E-state index in [1.807, 2.05) is 6.92 Å². The minimum absolute atomic E-state index is 0.0365. The maximum absolute atomic E-state index is 13.4. The Balaban J connectivity index is 1.58. The molecular formula is C28H46O7S. The van der Waals surface area contributed by atoms with Crippen molar-refractivity contribution in [1.82, 2.24) is 0 Å². The fourth-order valence-electron chi connectivity index (χ4n) is 5.01. The highest BCUT2D eigenvalue weighted by atomic mass is 32.2. The highest BCUT2D eigenvalue weighted by Crippen LogP contribution is 2.44. The van der Waals surface area contributed by atoms with Gasteiger partial charge in [0.15, 0.2) is 17.0 Å². The van der Waals surface area contributed by atoms with Gasteiger partial charge in [-0.3, -0.25) is 0 Å². The third kappa shape index (κ3) is 7.08. The molecule has 1 aromatic carbocycles. The summed E-state index contributed by atoms with van der Waals surface area (Å²) >= 11 is 0. The fraction of sp³-hybridized carbons (Fsp3) is 0.786. The second-order valence-electron chi connectivity index (χ2n) is 10.9. The molecule has 2 aliphatic heterocycles. The van der Waals surface area contributed by atoms with Crippen molar-refractivity contribution in [3.05, 3.63) is 29.8 Å². The number of hydrogen-bond acceptors (Lipinski definition) is 7. The van der Waals surface area contributed by atoms with Crippen LogP contribution in [0.3, 0.4) is 0 Å². The van der Waals surface area contributed by atoms with Gasteiger partial charge < -0.3 is 24.1 Å². The Morgan fingerprint density at radius 2 is 1.50 bits per heavy atom. The maximum atomic E-state index is 13.4. The molecule has 2 heterocycles. The Morgan fingerprint density at radius 3 is 2.08 bits per heavy atom. The van der Waals surface area contributed by atoms with Crippen LogP contribution in [0.25, 0.3) is 0 Å². The smallest absolute Gasteiger partial charge is 0.210 e. The van der Waals surface area contributed by atoms with E-state index < -0.39 is 45.2 Å². The average molecular weight is 527 g/mol. The molecule has 0 bridgehead atoms. The molecule has 1 N–H and O–H groups in total. The SMILES string of the molecule is CCCCCCCCCCCCO[C@@H]1[C@H]2OC(C)(C)O[C@H]2O[C@@H]1[C@@](C)(O)S(=O)(=O)c1ccc(C)cc1. The lowest BCUT2D eigenvalue weighted by atomic mass is 10.1. The molecule has 7 nitrogen and oxygen atoms in total. The number of sulfone groups is 1. The van der Waals surface area contributed by atoms with E-state index in [1.165, 1.54) is 64.0 Å². The monoisotopic (exact) mass is 526 g/mol. The Labute approximate surface area is 217 Å². The number of aryl methyl sites for hydroxylation is 1. The summed E-state index contributed by atoms with van der Waals surface area (Å²) in [5.74, 6) is -0.874. The number of ether oxygens (including phenoxy) is 4. The second-order valence-corrected chi connectivity index (χ2v) is 13.2. The Morgan fingerprint density at radius 1 is 0.944 bits per heavy atom. The van der Waals surface area contributed by atoms with Crippen molar-refractivity contribution in [2.75, 3.05) is 6.61 Å². The first-order valence-electron chi connectivity index (χ1n) is 13.7. The predicted octanol–water partition coefficient (Wildman–Crippen LogP) is 5.66. The summed E-state index contributed by atoms with van der Waals surface area (Å²) in [6, 6.07) is 6.43. The van der Waals surface area contributed by atoms with Gasteiger partial charge in [-0.2, -0.15) is 0 Å². The third-order valence-corrected chi connectivity index (χ3v) is 9.42. The molecule has 0 spiro atoms. The summed E-state index contributed by atoms with van der Waals surface area (Å²) in [5, 5.41) is 11.4. The average Bonchev–Trinajstić information content (AvgIpc) is 3.30.